The molecule has 150 valence electrons. The van der Waals surface area contributed by atoms with Gasteiger partial charge in [0, 0.05) is 24.2 Å². The number of amides is 2. The topological polar surface area (TPSA) is 84.4 Å². The van der Waals surface area contributed by atoms with E-state index in [0.29, 0.717) is 24.1 Å². The highest BCUT2D eigenvalue weighted by molar-refractivity contribution is 7.15. The van der Waals surface area contributed by atoms with Crippen LogP contribution < -0.4 is 5.32 Å². The molecular weight excluding hydrogens is 400 g/mol. The molecule has 7 nitrogen and oxygen atoms in total. The van der Waals surface area contributed by atoms with E-state index < -0.39 is 5.60 Å². The van der Waals surface area contributed by atoms with E-state index in [4.69, 9.17) is 16.3 Å². The highest BCUT2D eigenvalue weighted by Crippen LogP contribution is 2.34. The molecule has 1 aliphatic heterocycles. The zero-order valence-electron chi connectivity index (χ0n) is 16.1. The van der Waals surface area contributed by atoms with Gasteiger partial charge in [0.25, 0.3) is 5.91 Å². The van der Waals surface area contributed by atoms with Gasteiger partial charge in [0.2, 0.25) is 0 Å². The Labute approximate surface area is 173 Å². The SMILES string of the molecule is CC(C)(C)OC(=O)N1CCC(c2cnc(NC(=O)c3cccc(Cl)n3)s2)CC1. The fourth-order valence-electron chi connectivity index (χ4n) is 2.90. The molecule has 1 N–H and O–H groups in total. The number of hydrogen-bond acceptors (Lipinski definition) is 6. The van der Waals surface area contributed by atoms with E-state index in [1.165, 1.54) is 11.3 Å². The zero-order chi connectivity index (χ0) is 20.3. The molecule has 3 heterocycles. The number of aromatic nitrogens is 2. The number of nitrogens with zero attached hydrogens (tertiary/aromatic N) is 3. The maximum Gasteiger partial charge on any atom is 0.410 e. The first-order valence-electron chi connectivity index (χ1n) is 9.09. The van der Waals surface area contributed by atoms with Gasteiger partial charge in [0.05, 0.1) is 0 Å². The molecule has 0 unspecified atom stereocenters. The van der Waals surface area contributed by atoms with Crippen LogP contribution in [0.5, 0.6) is 0 Å². The van der Waals surface area contributed by atoms with Crippen molar-refractivity contribution in [3.05, 3.63) is 40.1 Å². The Hall–Kier alpha value is -2.19. The van der Waals surface area contributed by atoms with Crippen LogP contribution in [-0.4, -0.2) is 45.6 Å². The van der Waals surface area contributed by atoms with E-state index in [9.17, 15) is 9.59 Å². The van der Waals surface area contributed by atoms with Gasteiger partial charge in [0.15, 0.2) is 5.13 Å². The van der Waals surface area contributed by atoms with Gasteiger partial charge < -0.3 is 9.64 Å². The van der Waals surface area contributed by atoms with Gasteiger partial charge in [-0.1, -0.05) is 17.7 Å². The van der Waals surface area contributed by atoms with Crippen molar-refractivity contribution in [2.75, 3.05) is 18.4 Å². The minimum atomic E-state index is -0.490. The number of nitrogens with one attached hydrogen (secondary N) is 1. The van der Waals surface area contributed by atoms with Gasteiger partial charge in [-0.05, 0) is 51.7 Å². The molecule has 0 aromatic carbocycles. The largest absolute Gasteiger partial charge is 0.444 e. The maximum absolute atomic E-state index is 12.3. The fraction of sp³-hybridized carbons (Fsp3) is 0.474. The number of carbonyl (C=O) groups excluding carboxylic acids is 2. The number of ether oxygens (including phenoxy) is 1. The van der Waals surface area contributed by atoms with E-state index in [-0.39, 0.29) is 22.8 Å². The first-order chi connectivity index (χ1) is 13.2. The molecule has 0 saturated carbocycles. The van der Waals surface area contributed by atoms with E-state index in [1.807, 2.05) is 20.8 Å². The molecule has 2 aromatic heterocycles. The Bertz CT molecular complexity index is 857. The predicted molar refractivity (Wildman–Crippen MR) is 109 cm³/mol. The van der Waals surface area contributed by atoms with Crippen molar-refractivity contribution in [1.82, 2.24) is 14.9 Å². The summed E-state index contributed by atoms with van der Waals surface area (Å²) in [6.07, 6.45) is 3.20. The third kappa shape index (κ3) is 5.42. The van der Waals surface area contributed by atoms with E-state index >= 15 is 0 Å². The molecule has 3 rings (SSSR count). The summed E-state index contributed by atoms with van der Waals surface area (Å²) in [6.45, 7) is 6.88. The molecule has 0 atom stereocenters. The van der Waals surface area contributed by atoms with Gasteiger partial charge in [-0.3, -0.25) is 10.1 Å². The van der Waals surface area contributed by atoms with Gasteiger partial charge in [-0.25, -0.2) is 14.8 Å². The van der Waals surface area contributed by atoms with Crippen LogP contribution in [0.25, 0.3) is 0 Å². The number of anilines is 1. The molecule has 2 amide bonds. The summed E-state index contributed by atoms with van der Waals surface area (Å²) in [5.41, 5.74) is -0.244. The normalized spacial score (nSPS) is 15.4. The predicted octanol–water partition coefficient (Wildman–Crippen LogP) is 4.56. The number of pyridine rings is 1. The molecule has 0 radical (unpaired) electrons. The first kappa shape index (κ1) is 20.5. The van der Waals surface area contributed by atoms with E-state index in [0.717, 1.165) is 17.7 Å². The molecule has 1 fully saturated rings. The molecule has 0 aliphatic carbocycles. The van der Waals surface area contributed by atoms with Crippen molar-refractivity contribution in [2.24, 2.45) is 0 Å². The third-order valence-corrected chi connectivity index (χ3v) is 5.53. The standard InChI is InChI=1S/C19H23ClN4O3S/c1-19(2,3)27-18(26)24-9-7-12(8-10-24)14-11-21-17(28-14)23-16(25)13-5-4-6-15(20)22-13/h4-6,11-12H,7-10H2,1-3H3,(H,21,23,25). The summed E-state index contributed by atoms with van der Waals surface area (Å²) >= 11 is 7.27. The van der Waals surface area contributed by atoms with E-state index in [1.54, 1.807) is 29.3 Å². The Morgan fingerprint density at radius 1 is 1.29 bits per heavy atom. The molecule has 1 saturated heterocycles. The van der Waals surface area contributed by atoms with Crippen LogP contribution in [0.2, 0.25) is 5.15 Å². The van der Waals surface area contributed by atoms with Gasteiger partial charge >= 0.3 is 6.09 Å². The number of rotatable bonds is 3. The monoisotopic (exact) mass is 422 g/mol. The van der Waals surface area contributed by atoms with Crippen LogP contribution >= 0.6 is 22.9 Å². The number of thiazole rings is 1. The van der Waals surface area contributed by atoms with Crippen molar-refractivity contribution in [3.8, 4) is 0 Å². The van der Waals surface area contributed by atoms with Crippen molar-refractivity contribution in [1.29, 1.82) is 0 Å². The third-order valence-electron chi connectivity index (χ3n) is 4.24. The maximum atomic E-state index is 12.3. The average molecular weight is 423 g/mol. The highest BCUT2D eigenvalue weighted by Gasteiger charge is 2.28. The summed E-state index contributed by atoms with van der Waals surface area (Å²) in [6, 6.07) is 4.89. The lowest BCUT2D eigenvalue weighted by Crippen LogP contribution is -2.41. The minimum Gasteiger partial charge on any atom is -0.444 e. The molecular formula is C19H23ClN4O3S. The number of piperidine rings is 1. The minimum absolute atomic E-state index is 0.245. The smallest absolute Gasteiger partial charge is 0.410 e. The van der Waals surface area contributed by atoms with Crippen LogP contribution in [0.15, 0.2) is 24.4 Å². The van der Waals surface area contributed by atoms with Crippen LogP contribution in [0.1, 0.15) is 54.9 Å². The summed E-state index contributed by atoms with van der Waals surface area (Å²) in [5, 5.41) is 3.55. The van der Waals surface area contributed by atoms with Gasteiger partial charge in [0.1, 0.15) is 16.4 Å². The average Bonchev–Trinajstić information content (AvgIpc) is 3.09. The number of halogens is 1. The van der Waals surface area contributed by atoms with Crippen molar-refractivity contribution < 1.29 is 14.3 Å². The Morgan fingerprint density at radius 2 is 2.00 bits per heavy atom. The molecule has 1 aliphatic rings. The summed E-state index contributed by atoms with van der Waals surface area (Å²) in [4.78, 5) is 35.6. The van der Waals surface area contributed by atoms with Crippen molar-refractivity contribution in [2.45, 2.75) is 45.1 Å². The van der Waals surface area contributed by atoms with Crippen molar-refractivity contribution >= 4 is 40.1 Å². The molecule has 0 bridgehead atoms. The highest BCUT2D eigenvalue weighted by atomic mass is 35.5. The van der Waals surface area contributed by atoms with Crippen LogP contribution in [0, 0.1) is 0 Å². The fourth-order valence-corrected chi connectivity index (χ4v) is 4.05. The second-order valence-electron chi connectivity index (χ2n) is 7.61. The number of hydrogen-bond donors (Lipinski definition) is 1. The summed E-state index contributed by atoms with van der Waals surface area (Å²) in [7, 11) is 0. The second kappa shape index (κ2) is 8.45. The number of likely N-dealkylation sites (tertiary alicyclic amines) is 1. The lowest BCUT2D eigenvalue weighted by molar-refractivity contribution is 0.0205. The van der Waals surface area contributed by atoms with Gasteiger partial charge in [-0.2, -0.15) is 0 Å². The van der Waals surface area contributed by atoms with Crippen LogP contribution in [0.3, 0.4) is 0 Å². The quantitative estimate of drug-likeness (QED) is 0.733. The van der Waals surface area contributed by atoms with Crippen LogP contribution in [0.4, 0.5) is 9.93 Å². The Kier molecular flexibility index (Phi) is 6.20. The van der Waals surface area contributed by atoms with E-state index in [2.05, 4.69) is 15.3 Å². The van der Waals surface area contributed by atoms with Gasteiger partial charge in [-0.15, -0.1) is 11.3 Å². The summed E-state index contributed by atoms with van der Waals surface area (Å²) < 4.78 is 5.43. The molecule has 0 spiro atoms. The lowest BCUT2D eigenvalue weighted by Gasteiger charge is -2.33. The van der Waals surface area contributed by atoms with Crippen molar-refractivity contribution in [3.63, 3.8) is 0 Å². The summed E-state index contributed by atoms with van der Waals surface area (Å²) in [5.74, 6) is -0.0331. The second-order valence-corrected chi connectivity index (χ2v) is 9.06. The zero-order valence-corrected chi connectivity index (χ0v) is 17.6. The Balaban J connectivity index is 1.55. The molecule has 2 aromatic rings. The van der Waals surface area contributed by atoms with Crippen LogP contribution in [-0.2, 0) is 4.74 Å². The first-order valence-corrected chi connectivity index (χ1v) is 10.3. The number of carbonyl (C=O) groups is 2. The molecule has 28 heavy (non-hydrogen) atoms. The lowest BCUT2D eigenvalue weighted by atomic mass is 9.96. The Morgan fingerprint density at radius 3 is 2.64 bits per heavy atom. The molecule has 9 heteroatoms.